The van der Waals surface area contributed by atoms with Gasteiger partial charge in [0.05, 0.1) is 10.9 Å². The van der Waals surface area contributed by atoms with E-state index in [2.05, 4.69) is 10.3 Å². The van der Waals surface area contributed by atoms with E-state index in [0.717, 1.165) is 25.9 Å². The molecule has 20 heavy (non-hydrogen) atoms. The lowest BCUT2D eigenvalue weighted by Crippen LogP contribution is -2.40. The Morgan fingerprint density at radius 1 is 1.35 bits per heavy atom. The number of halogens is 1. The Labute approximate surface area is 120 Å². The van der Waals surface area contributed by atoms with Gasteiger partial charge in [0.25, 0.3) is 5.56 Å². The van der Waals surface area contributed by atoms with Crippen molar-refractivity contribution in [1.29, 1.82) is 0 Å². The first kappa shape index (κ1) is 13.4. The van der Waals surface area contributed by atoms with Gasteiger partial charge in [0.2, 0.25) is 0 Å². The number of fused-ring (bicyclic) bond motifs is 1. The van der Waals surface area contributed by atoms with Gasteiger partial charge >= 0.3 is 5.69 Å². The molecule has 0 spiro atoms. The molecular weight excluding hydrogens is 278 g/mol. The average Bonchev–Trinajstić information content (AvgIpc) is 2.44. The standard InChI is InChI=1S/C14H16ClN3O2/c15-10-3-4-11-12(6-10)17-14(20)18(13(11)19)8-9-2-1-5-16-7-9/h3-4,6,9,16H,1-2,5,7-8H2,(H,17,20). The predicted molar refractivity (Wildman–Crippen MR) is 79.4 cm³/mol. The Morgan fingerprint density at radius 3 is 2.95 bits per heavy atom. The lowest BCUT2D eigenvalue weighted by molar-refractivity contribution is 0.329. The molecule has 0 bridgehead atoms. The third-order valence-electron chi connectivity index (χ3n) is 3.78. The molecule has 0 saturated carbocycles. The van der Waals surface area contributed by atoms with Crippen LogP contribution in [0.5, 0.6) is 0 Å². The predicted octanol–water partition coefficient (Wildman–Crippen LogP) is 1.34. The average molecular weight is 294 g/mol. The van der Waals surface area contributed by atoms with Crippen LogP contribution in [0, 0.1) is 5.92 Å². The highest BCUT2D eigenvalue weighted by Crippen LogP contribution is 2.14. The minimum absolute atomic E-state index is 0.244. The monoisotopic (exact) mass is 293 g/mol. The van der Waals surface area contributed by atoms with Crippen LogP contribution in [-0.4, -0.2) is 22.6 Å². The molecule has 1 saturated heterocycles. The van der Waals surface area contributed by atoms with Crippen molar-refractivity contribution in [3.63, 3.8) is 0 Å². The molecule has 0 aliphatic carbocycles. The van der Waals surface area contributed by atoms with Crippen molar-refractivity contribution in [2.24, 2.45) is 5.92 Å². The van der Waals surface area contributed by atoms with Crippen molar-refractivity contribution in [3.05, 3.63) is 44.1 Å². The fourth-order valence-corrected chi connectivity index (χ4v) is 2.90. The van der Waals surface area contributed by atoms with E-state index >= 15 is 0 Å². The van der Waals surface area contributed by atoms with E-state index in [1.54, 1.807) is 18.2 Å². The molecule has 3 rings (SSSR count). The molecule has 2 heterocycles. The van der Waals surface area contributed by atoms with Crippen LogP contribution in [0.4, 0.5) is 0 Å². The number of rotatable bonds is 2. The summed E-state index contributed by atoms with van der Waals surface area (Å²) >= 11 is 5.88. The number of nitrogens with zero attached hydrogens (tertiary/aromatic N) is 1. The third-order valence-corrected chi connectivity index (χ3v) is 4.02. The molecule has 2 N–H and O–H groups in total. The summed E-state index contributed by atoms with van der Waals surface area (Å²) in [5.74, 6) is 0.326. The molecule has 1 unspecified atom stereocenters. The molecule has 5 nitrogen and oxygen atoms in total. The van der Waals surface area contributed by atoms with Crippen LogP contribution in [0.25, 0.3) is 10.9 Å². The second kappa shape index (κ2) is 5.42. The highest BCUT2D eigenvalue weighted by Gasteiger charge is 2.16. The summed E-state index contributed by atoms with van der Waals surface area (Å²) in [4.78, 5) is 27.2. The Morgan fingerprint density at radius 2 is 2.20 bits per heavy atom. The van der Waals surface area contributed by atoms with Crippen molar-refractivity contribution >= 4 is 22.5 Å². The van der Waals surface area contributed by atoms with Gasteiger partial charge in [-0.1, -0.05) is 11.6 Å². The van der Waals surface area contributed by atoms with E-state index in [0.29, 0.717) is 28.4 Å². The van der Waals surface area contributed by atoms with Crippen molar-refractivity contribution in [1.82, 2.24) is 14.9 Å². The second-order valence-electron chi connectivity index (χ2n) is 5.25. The van der Waals surface area contributed by atoms with E-state index in [9.17, 15) is 9.59 Å². The van der Waals surface area contributed by atoms with Gasteiger partial charge in [-0.3, -0.25) is 9.36 Å². The topological polar surface area (TPSA) is 66.9 Å². The molecule has 106 valence electrons. The zero-order valence-corrected chi connectivity index (χ0v) is 11.7. The Kier molecular flexibility index (Phi) is 3.63. The first-order valence-corrected chi connectivity index (χ1v) is 7.16. The summed E-state index contributed by atoms with van der Waals surface area (Å²) in [5.41, 5.74) is -0.119. The first-order valence-electron chi connectivity index (χ1n) is 6.78. The second-order valence-corrected chi connectivity index (χ2v) is 5.68. The van der Waals surface area contributed by atoms with Crippen molar-refractivity contribution in [3.8, 4) is 0 Å². The van der Waals surface area contributed by atoms with Gasteiger partial charge in [-0.15, -0.1) is 0 Å². The molecule has 0 radical (unpaired) electrons. The van der Waals surface area contributed by atoms with Crippen LogP contribution >= 0.6 is 11.6 Å². The minimum atomic E-state index is -0.365. The molecule has 6 heteroatoms. The number of benzene rings is 1. The maximum atomic E-state index is 12.4. The number of piperidine rings is 1. The van der Waals surface area contributed by atoms with E-state index in [-0.39, 0.29) is 11.2 Å². The van der Waals surface area contributed by atoms with Crippen LogP contribution in [-0.2, 0) is 6.54 Å². The fraction of sp³-hybridized carbons (Fsp3) is 0.429. The molecule has 2 aromatic rings. The molecule has 0 amide bonds. The largest absolute Gasteiger partial charge is 0.328 e. The van der Waals surface area contributed by atoms with Crippen LogP contribution in [0.1, 0.15) is 12.8 Å². The Balaban J connectivity index is 2.04. The number of nitrogens with one attached hydrogen (secondary N) is 2. The maximum absolute atomic E-state index is 12.4. The summed E-state index contributed by atoms with van der Waals surface area (Å²) < 4.78 is 1.30. The highest BCUT2D eigenvalue weighted by molar-refractivity contribution is 6.31. The quantitative estimate of drug-likeness (QED) is 0.878. The smallest absolute Gasteiger partial charge is 0.316 e. The number of aromatic nitrogens is 2. The molecule has 1 atom stereocenters. The van der Waals surface area contributed by atoms with Gasteiger partial charge in [0.15, 0.2) is 0 Å². The first-order chi connectivity index (χ1) is 9.65. The Bertz CT molecular complexity index is 744. The summed E-state index contributed by atoms with van der Waals surface area (Å²) in [6.45, 7) is 2.32. The van der Waals surface area contributed by atoms with Gasteiger partial charge in [-0.2, -0.15) is 0 Å². The van der Waals surface area contributed by atoms with Crippen LogP contribution in [0.2, 0.25) is 5.02 Å². The van der Waals surface area contributed by atoms with Crippen LogP contribution < -0.4 is 16.6 Å². The minimum Gasteiger partial charge on any atom is -0.316 e. The van der Waals surface area contributed by atoms with Crippen LogP contribution in [0.3, 0.4) is 0 Å². The van der Waals surface area contributed by atoms with Crippen molar-refractivity contribution < 1.29 is 0 Å². The van der Waals surface area contributed by atoms with E-state index < -0.39 is 0 Å². The number of H-pyrrole nitrogens is 1. The molecule has 1 aromatic heterocycles. The van der Waals surface area contributed by atoms with Crippen molar-refractivity contribution in [2.45, 2.75) is 19.4 Å². The maximum Gasteiger partial charge on any atom is 0.328 e. The zero-order valence-electron chi connectivity index (χ0n) is 11.0. The number of aromatic amines is 1. The highest BCUT2D eigenvalue weighted by atomic mass is 35.5. The van der Waals surface area contributed by atoms with Gasteiger partial charge in [-0.25, -0.2) is 4.79 Å². The lowest BCUT2D eigenvalue weighted by Gasteiger charge is -2.23. The summed E-state index contributed by atoms with van der Waals surface area (Å²) in [5, 5.41) is 4.29. The zero-order chi connectivity index (χ0) is 14.1. The van der Waals surface area contributed by atoms with Crippen molar-refractivity contribution in [2.75, 3.05) is 13.1 Å². The van der Waals surface area contributed by atoms with E-state index in [4.69, 9.17) is 11.6 Å². The van der Waals surface area contributed by atoms with E-state index in [1.807, 2.05) is 0 Å². The SMILES string of the molecule is O=c1[nH]c2cc(Cl)ccc2c(=O)n1CC1CCCNC1. The fourth-order valence-electron chi connectivity index (χ4n) is 2.73. The number of hydrogen-bond donors (Lipinski definition) is 2. The normalized spacial score (nSPS) is 19.4. The number of hydrogen-bond acceptors (Lipinski definition) is 3. The van der Waals surface area contributed by atoms with Gasteiger partial charge in [0.1, 0.15) is 0 Å². The van der Waals surface area contributed by atoms with Crippen LogP contribution in [0.15, 0.2) is 27.8 Å². The van der Waals surface area contributed by atoms with Gasteiger partial charge in [0, 0.05) is 11.6 Å². The lowest BCUT2D eigenvalue weighted by atomic mass is 10.00. The summed E-state index contributed by atoms with van der Waals surface area (Å²) in [6, 6.07) is 4.92. The molecule has 1 fully saturated rings. The third kappa shape index (κ3) is 2.51. The summed E-state index contributed by atoms with van der Waals surface area (Å²) in [7, 11) is 0. The van der Waals surface area contributed by atoms with E-state index in [1.165, 1.54) is 4.57 Å². The Hall–Kier alpha value is -1.59. The van der Waals surface area contributed by atoms with Gasteiger partial charge in [-0.05, 0) is 50.0 Å². The molecule has 1 aliphatic heterocycles. The van der Waals surface area contributed by atoms with Gasteiger partial charge < -0.3 is 10.3 Å². The molecular formula is C14H16ClN3O2. The summed E-state index contributed by atoms with van der Waals surface area (Å²) in [6.07, 6.45) is 2.12. The molecule has 1 aliphatic rings. The molecule has 1 aromatic carbocycles.